The van der Waals surface area contributed by atoms with Gasteiger partial charge in [0.15, 0.2) is 0 Å². The molecule has 0 amide bonds. The SMILES string of the molecule is C=CCOS(=O)(=O)CCCCC.[CaH2]. The molecule has 0 aromatic carbocycles. The van der Waals surface area contributed by atoms with Crippen LogP contribution in [0.2, 0.25) is 0 Å². The van der Waals surface area contributed by atoms with Gasteiger partial charge in [-0.05, 0) is 6.42 Å². The van der Waals surface area contributed by atoms with Gasteiger partial charge in [-0.3, -0.25) is 4.18 Å². The zero-order chi connectivity index (χ0) is 9.45. The van der Waals surface area contributed by atoms with Gasteiger partial charge in [0.2, 0.25) is 0 Å². The molecule has 0 aliphatic carbocycles. The van der Waals surface area contributed by atoms with Gasteiger partial charge in [0, 0.05) is 0 Å². The molecule has 0 aromatic heterocycles. The fourth-order valence-corrected chi connectivity index (χ4v) is 1.72. The van der Waals surface area contributed by atoms with Crippen molar-refractivity contribution in [1.29, 1.82) is 0 Å². The molecule has 0 fully saturated rings. The fraction of sp³-hybridized carbons (Fsp3) is 0.750. The molecule has 0 saturated heterocycles. The van der Waals surface area contributed by atoms with Crippen LogP contribution < -0.4 is 0 Å². The molecule has 0 radical (unpaired) electrons. The van der Waals surface area contributed by atoms with Crippen molar-refractivity contribution in [2.24, 2.45) is 0 Å². The summed E-state index contributed by atoms with van der Waals surface area (Å²) in [5, 5.41) is 0. The zero-order valence-corrected chi connectivity index (χ0v) is 8.27. The van der Waals surface area contributed by atoms with E-state index in [1.165, 1.54) is 6.08 Å². The van der Waals surface area contributed by atoms with Gasteiger partial charge in [0.1, 0.15) is 0 Å². The molecule has 76 valence electrons. The predicted molar refractivity (Wildman–Crippen MR) is 58.0 cm³/mol. The summed E-state index contributed by atoms with van der Waals surface area (Å²) >= 11 is 0. The van der Waals surface area contributed by atoms with Gasteiger partial charge in [0.25, 0.3) is 10.1 Å². The van der Waals surface area contributed by atoms with Gasteiger partial charge in [-0.1, -0.05) is 25.8 Å². The van der Waals surface area contributed by atoms with Gasteiger partial charge in [-0.15, -0.1) is 6.58 Å². The maximum absolute atomic E-state index is 11.0. The minimum atomic E-state index is -3.29. The monoisotopic (exact) mass is 234 g/mol. The number of rotatable bonds is 7. The Balaban J connectivity index is 0. The van der Waals surface area contributed by atoms with Gasteiger partial charge in [0.05, 0.1) is 12.4 Å². The Morgan fingerprint density at radius 1 is 1.38 bits per heavy atom. The molecule has 0 spiro atoms. The van der Waals surface area contributed by atoms with Crippen molar-refractivity contribution >= 4 is 47.9 Å². The second kappa shape index (κ2) is 9.46. The molecule has 0 aliphatic rings. The van der Waals surface area contributed by atoms with Crippen LogP contribution in [0.3, 0.4) is 0 Å². The van der Waals surface area contributed by atoms with Crippen molar-refractivity contribution in [3.8, 4) is 0 Å². The van der Waals surface area contributed by atoms with E-state index in [2.05, 4.69) is 10.8 Å². The van der Waals surface area contributed by atoms with E-state index < -0.39 is 10.1 Å². The first-order chi connectivity index (χ1) is 5.62. The molecule has 0 bridgehead atoms. The van der Waals surface area contributed by atoms with Gasteiger partial charge < -0.3 is 0 Å². The van der Waals surface area contributed by atoms with Crippen LogP contribution in [0, 0.1) is 0 Å². The molecule has 0 unspecified atom stereocenters. The molecule has 0 aromatic rings. The summed E-state index contributed by atoms with van der Waals surface area (Å²) in [4.78, 5) is 0. The van der Waals surface area contributed by atoms with Crippen LogP contribution in [0.15, 0.2) is 12.7 Å². The van der Waals surface area contributed by atoms with Crippen LogP contribution >= 0.6 is 0 Å². The predicted octanol–water partition coefficient (Wildman–Crippen LogP) is 0.793. The molecule has 0 rings (SSSR count). The van der Waals surface area contributed by atoms with Gasteiger partial charge >= 0.3 is 37.7 Å². The van der Waals surface area contributed by atoms with Gasteiger partial charge in [-0.25, -0.2) is 0 Å². The molecular weight excluding hydrogens is 216 g/mol. The van der Waals surface area contributed by atoms with E-state index in [9.17, 15) is 8.42 Å². The Bertz CT molecular complexity index is 211. The first kappa shape index (κ1) is 16.3. The third kappa shape index (κ3) is 10.8. The average molecular weight is 234 g/mol. The van der Waals surface area contributed by atoms with Crippen LogP contribution in [0.4, 0.5) is 0 Å². The molecule has 13 heavy (non-hydrogen) atoms. The van der Waals surface area contributed by atoms with Crippen LogP contribution in [0.25, 0.3) is 0 Å². The third-order valence-corrected chi connectivity index (χ3v) is 2.65. The summed E-state index contributed by atoms with van der Waals surface area (Å²) in [5.41, 5.74) is 0. The van der Waals surface area contributed by atoms with Crippen LogP contribution in [-0.4, -0.2) is 58.5 Å². The van der Waals surface area contributed by atoms with E-state index >= 15 is 0 Å². The standard InChI is InChI=1S/C8H16O3S.Ca.2H/c1-3-5-6-8-12(9,10)11-7-4-2;;;/h4H,2-3,5-8H2,1H3;;;. The first-order valence-electron chi connectivity index (χ1n) is 4.10. The maximum atomic E-state index is 11.0. The Hall–Kier alpha value is 0.910. The Morgan fingerprint density at radius 2 is 2.00 bits per heavy atom. The summed E-state index contributed by atoms with van der Waals surface area (Å²) in [7, 11) is -3.29. The van der Waals surface area contributed by atoms with E-state index in [-0.39, 0.29) is 50.1 Å². The van der Waals surface area contributed by atoms with E-state index in [1.807, 2.05) is 6.92 Å². The summed E-state index contributed by atoms with van der Waals surface area (Å²) in [6.07, 6.45) is 4.04. The third-order valence-electron chi connectivity index (χ3n) is 1.36. The molecule has 0 N–H and O–H groups in total. The van der Waals surface area contributed by atoms with Crippen molar-refractivity contribution < 1.29 is 12.6 Å². The normalized spacial score (nSPS) is 10.5. The molecule has 3 nitrogen and oxygen atoms in total. The summed E-state index contributed by atoms with van der Waals surface area (Å²) in [5.74, 6) is 0.120. The average Bonchev–Trinajstić information content (AvgIpc) is 2.01. The number of hydrogen-bond acceptors (Lipinski definition) is 3. The van der Waals surface area contributed by atoms with Crippen LogP contribution in [-0.2, 0) is 14.3 Å². The minimum absolute atomic E-state index is 0. The Labute approximate surface area is 111 Å². The Morgan fingerprint density at radius 3 is 2.46 bits per heavy atom. The van der Waals surface area contributed by atoms with Gasteiger partial charge in [-0.2, -0.15) is 8.42 Å². The second-order valence-electron chi connectivity index (χ2n) is 2.54. The Kier molecular flexibility index (Phi) is 11.9. The molecule has 0 aliphatic heterocycles. The van der Waals surface area contributed by atoms with E-state index in [0.29, 0.717) is 6.42 Å². The molecule has 5 heteroatoms. The van der Waals surface area contributed by atoms with Crippen molar-refractivity contribution in [2.75, 3.05) is 12.4 Å². The number of hydrogen-bond donors (Lipinski definition) is 0. The number of unbranched alkanes of at least 4 members (excludes halogenated alkanes) is 2. The van der Waals surface area contributed by atoms with Crippen LogP contribution in [0.5, 0.6) is 0 Å². The summed E-state index contributed by atoms with van der Waals surface area (Å²) in [6, 6.07) is 0. The molecule has 0 atom stereocenters. The molecule has 0 saturated carbocycles. The van der Waals surface area contributed by atoms with E-state index in [4.69, 9.17) is 0 Å². The van der Waals surface area contributed by atoms with Crippen molar-refractivity contribution in [1.82, 2.24) is 0 Å². The summed E-state index contributed by atoms with van der Waals surface area (Å²) in [6.45, 7) is 5.47. The van der Waals surface area contributed by atoms with Crippen molar-refractivity contribution in [2.45, 2.75) is 26.2 Å². The molecule has 0 heterocycles. The second-order valence-corrected chi connectivity index (χ2v) is 4.30. The summed E-state index contributed by atoms with van der Waals surface area (Å²) < 4.78 is 26.6. The topological polar surface area (TPSA) is 43.4 Å². The van der Waals surface area contributed by atoms with E-state index in [0.717, 1.165) is 12.8 Å². The van der Waals surface area contributed by atoms with Crippen molar-refractivity contribution in [3.63, 3.8) is 0 Å². The van der Waals surface area contributed by atoms with Crippen LogP contribution in [0.1, 0.15) is 26.2 Å². The zero-order valence-electron chi connectivity index (χ0n) is 7.45. The van der Waals surface area contributed by atoms with E-state index in [1.54, 1.807) is 0 Å². The quantitative estimate of drug-likeness (QED) is 0.283. The fourth-order valence-electron chi connectivity index (χ4n) is 0.740. The van der Waals surface area contributed by atoms with Crippen molar-refractivity contribution in [3.05, 3.63) is 12.7 Å². The molecular formula is C8H18CaO3S. The first-order valence-corrected chi connectivity index (χ1v) is 5.68.